The molecule has 0 spiro atoms. The summed E-state index contributed by atoms with van der Waals surface area (Å²) in [5.74, 6) is 0.678. The third-order valence-electron chi connectivity index (χ3n) is 4.66. The summed E-state index contributed by atoms with van der Waals surface area (Å²) in [7, 11) is 2.21. The smallest absolute Gasteiger partial charge is 0.0546 e. The number of para-hydroxylation sites is 1. The first-order valence-electron chi connectivity index (χ1n) is 6.61. The molecule has 0 saturated heterocycles. The van der Waals surface area contributed by atoms with E-state index >= 15 is 0 Å². The first-order valence-corrected chi connectivity index (χ1v) is 6.61. The fourth-order valence-corrected chi connectivity index (χ4v) is 3.35. The SMILES string of the molecule is Cc1ccccc1N(C)C1(CN)CCCC1C. The second-order valence-corrected chi connectivity index (χ2v) is 5.45. The number of nitrogens with two attached hydrogens (primary N) is 1. The Balaban J connectivity index is 2.36. The van der Waals surface area contributed by atoms with E-state index in [0.29, 0.717) is 5.92 Å². The van der Waals surface area contributed by atoms with Gasteiger partial charge in [-0.3, -0.25) is 0 Å². The average Bonchev–Trinajstić information content (AvgIpc) is 2.71. The molecular formula is C15H24N2. The largest absolute Gasteiger partial charge is 0.367 e. The number of likely N-dealkylation sites (N-methyl/N-ethyl adjacent to an activating group) is 1. The lowest BCUT2D eigenvalue weighted by Crippen LogP contribution is -2.54. The zero-order valence-electron chi connectivity index (χ0n) is 11.2. The molecule has 0 aromatic heterocycles. The molecule has 1 aliphatic rings. The maximum atomic E-state index is 6.11. The van der Waals surface area contributed by atoms with Crippen molar-refractivity contribution in [1.82, 2.24) is 0 Å². The lowest BCUT2D eigenvalue weighted by atomic mass is 9.86. The van der Waals surface area contributed by atoms with Gasteiger partial charge in [-0.1, -0.05) is 31.5 Å². The Kier molecular flexibility index (Phi) is 3.43. The van der Waals surface area contributed by atoms with Crippen LogP contribution in [0.3, 0.4) is 0 Å². The number of rotatable bonds is 3. The van der Waals surface area contributed by atoms with Gasteiger partial charge in [0, 0.05) is 19.3 Å². The zero-order chi connectivity index (χ0) is 12.5. The minimum absolute atomic E-state index is 0.159. The summed E-state index contributed by atoms with van der Waals surface area (Å²) in [4.78, 5) is 2.43. The fraction of sp³-hybridized carbons (Fsp3) is 0.600. The molecule has 2 rings (SSSR count). The highest BCUT2D eigenvalue weighted by Gasteiger charge is 2.42. The van der Waals surface area contributed by atoms with Crippen LogP contribution in [-0.2, 0) is 0 Å². The molecule has 1 aromatic rings. The summed E-state index contributed by atoms with van der Waals surface area (Å²) in [6.45, 7) is 5.27. The van der Waals surface area contributed by atoms with Crippen LogP contribution in [-0.4, -0.2) is 19.1 Å². The molecule has 0 radical (unpaired) electrons. The van der Waals surface area contributed by atoms with Crippen molar-refractivity contribution in [3.05, 3.63) is 29.8 Å². The van der Waals surface area contributed by atoms with Gasteiger partial charge in [-0.2, -0.15) is 0 Å². The third-order valence-corrected chi connectivity index (χ3v) is 4.66. The van der Waals surface area contributed by atoms with E-state index in [1.807, 2.05) is 0 Å². The topological polar surface area (TPSA) is 29.3 Å². The first kappa shape index (κ1) is 12.4. The van der Waals surface area contributed by atoms with Gasteiger partial charge >= 0.3 is 0 Å². The second kappa shape index (κ2) is 4.69. The van der Waals surface area contributed by atoms with Crippen LogP contribution in [0.1, 0.15) is 31.7 Å². The Bertz CT molecular complexity index is 388. The summed E-state index contributed by atoms with van der Waals surface area (Å²) in [6.07, 6.45) is 3.82. The molecule has 2 unspecified atom stereocenters. The van der Waals surface area contributed by atoms with E-state index in [-0.39, 0.29) is 5.54 Å². The quantitative estimate of drug-likeness (QED) is 0.868. The van der Waals surface area contributed by atoms with Crippen LogP contribution in [0.4, 0.5) is 5.69 Å². The molecule has 1 aliphatic carbocycles. The number of hydrogen-bond acceptors (Lipinski definition) is 2. The molecule has 1 aromatic carbocycles. The summed E-state index contributed by atoms with van der Waals surface area (Å²) >= 11 is 0. The predicted molar refractivity (Wildman–Crippen MR) is 74.4 cm³/mol. The van der Waals surface area contributed by atoms with E-state index in [1.165, 1.54) is 30.5 Å². The van der Waals surface area contributed by atoms with Crippen molar-refractivity contribution in [2.75, 3.05) is 18.5 Å². The molecule has 2 atom stereocenters. The Morgan fingerprint density at radius 2 is 2.12 bits per heavy atom. The maximum Gasteiger partial charge on any atom is 0.0546 e. The van der Waals surface area contributed by atoms with Crippen molar-refractivity contribution < 1.29 is 0 Å². The van der Waals surface area contributed by atoms with Crippen molar-refractivity contribution in [1.29, 1.82) is 0 Å². The highest BCUT2D eigenvalue weighted by Crippen LogP contribution is 2.41. The number of benzene rings is 1. The van der Waals surface area contributed by atoms with E-state index < -0.39 is 0 Å². The van der Waals surface area contributed by atoms with Gasteiger partial charge in [0.25, 0.3) is 0 Å². The van der Waals surface area contributed by atoms with Crippen LogP contribution in [0.5, 0.6) is 0 Å². The molecule has 17 heavy (non-hydrogen) atoms. The van der Waals surface area contributed by atoms with Crippen LogP contribution in [0.25, 0.3) is 0 Å². The monoisotopic (exact) mass is 232 g/mol. The summed E-state index contributed by atoms with van der Waals surface area (Å²) < 4.78 is 0. The van der Waals surface area contributed by atoms with Crippen LogP contribution in [0.2, 0.25) is 0 Å². The van der Waals surface area contributed by atoms with Gasteiger partial charge < -0.3 is 10.6 Å². The number of hydrogen-bond donors (Lipinski definition) is 1. The van der Waals surface area contributed by atoms with Gasteiger partial charge in [0.15, 0.2) is 0 Å². The molecule has 2 nitrogen and oxygen atoms in total. The summed E-state index contributed by atoms with van der Waals surface area (Å²) in [5.41, 5.74) is 8.93. The molecule has 2 N–H and O–H groups in total. The molecule has 0 bridgehead atoms. The van der Waals surface area contributed by atoms with E-state index in [2.05, 4.69) is 50.1 Å². The van der Waals surface area contributed by atoms with Gasteiger partial charge in [0.1, 0.15) is 0 Å². The number of anilines is 1. The van der Waals surface area contributed by atoms with E-state index in [0.717, 1.165) is 6.54 Å². The molecule has 2 heteroatoms. The lowest BCUT2D eigenvalue weighted by molar-refractivity contribution is 0.331. The maximum absolute atomic E-state index is 6.11. The zero-order valence-corrected chi connectivity index (χ0v) is 11.2. The summed E-state index contributed by atoms with van der Waals surface area (Å²) in [6, 6.07) is 8.59. The molecular weight excluding hydrogens is 208 g/mol. The van der Waals surface area contributed by atoms with Crippen molar-refractivity contribution in [2.45, 2.75) is 38.6 Å². The molecule has 0 heterocycles. The van der Waals surface area contributed by atoms with Crippen molar-refractivity contribution in [3.8, 4) is 0 Å². The first-order chi connectivity index (χ1) is 8.12. The predicted octanol–water partition coefficient (Wildman–Crippen LogP) is 2.95. The van der Waals surface area contributed by atoms with Gasteiger partial charge in [-0.05, 0) is 37.3 Å². The van der Waals surface area contributed by atoms with Gasteiger partial charge in [0.05, 0.1) is 5.54 Å². The fourth-order valence-electron chi connectivity index (χ4n) is 3.35. The highest BCUT2D eigenvalue weighted by atomic mass is 15.2. The van der Waals surface area contributed by atoms with Crippen molar-refractivity contribution in [3.63, 3.8) is 0 Å². The van der Waals surface area contributed by atoms with Crippen LogP contribution in [0, 0.1) is 12.8 Å². The Labute approximate surface area is 105 Å². The van der Waals surface area contributed by atoms with Crippen LogP contribution >= 0.6 is 0 Å². The van der Waals surface area contributed by atoms with Crippen molar-refractivity contribution in [2.24, 2.45) is 11.7 Å². The van der Waals surface area contributed by atoms with Crippen LogP contribution < -0.4 is 10.6 Å². The van der Waals surface area contributed by atoms with Crippen LogP contribution in [0.15, 0.2) is 24.3 Å². The minimum Gasteiger partial charge on any atom is -0.367 e. The van der Waals surface area contributed by atoms with Gasteiger partial charge in [-0.15, -0.1) is 0 Å². The molecule has 1 saturated carbocycles. The highest BCUT2D eigenvalue weighted by molar-refractivity contribution is 5.55. The molecule has 0 amide bonds. The Hall–Kier alpha value is -1.02. The second-order valence-electron chi connectivity index (χ2n) is 5.45. The average molecular weight is 232 g/mol. The number of aryl methyl sites for hydroxylation is 1. The van der Waals surface area contributed by atoms with Gasteiger partial charge in [0.2, 0.25) is 0 Å². The number of nitrogens with zero attached hydrogens (tertiary/aromatic N) is 1. The molecule has 0 aliphatic heterocycles. The Morgan fingerprint density at radius 1 is 1.41 bits per heavy atom. The molecule has 1 fully saturated rings. The Morgan fingerprint density at radius 3 is 2.65 bits per heavy atom. The van der Waals surface area contributed by atoms with E-state index in [1.54, 1.807) is 0 Å². The lowest BCUT2D eigenvalue weighted by Gasteiger charge is -2.44. The summed E-state index contributed by atoms with van der Waals surface area (Å²) in [5, 5.41) is 0. The standard InChI is InChI=1S/C15H24N2/c1-12-7-4-5-9-14(12)17(3)15(11-16)10-6-8-13(15)2/h4-5,7,9,13H,6,8,10-11,16H2,1-3H3. The van der Waals surface area contributed by atoms with Gasteiger partial charge in [-0.25, -0.2) is 0 Å². The van der Waals surface area contributed by atoms with E-state index in [4.69, 9.17) is 5.73 Å². The normalized spacial score (nSPS) is 28.4. The van der Waals surface area contributed by atoms with Crippen molar-refractivity contribution >= 4 is 5.69 Å². The molecule has 94 valence electrons. The third kappa shape index (κ3) is 1.95. The minimum atomic E-state index is 0.159. The van der Waals surface area contributed by atoms with E-state index in [9.17, 15) is 0 Å².